The van der Waals surface area contributed by atoms with Crippen molar-refractivity contribution in [2.45, 2.75) is 97.3 Å². The smallest absolute Gasteiger partial charge is 0.434 e. The first-order chi connectivity index (χ1) is 23.1. The van der Waals surface area contributed by atoms with Crippen LogP contribution < -0.4 is 10.6 Å². The monoisotopic (exact) mass is 683 g/mol. The minimum absolute atomic E-state index is 0.0114. The Morgan fingerprint density at radius 1 is 0.735 bits per heavy atom. The van der Waals surface area contributed by atoms with Gasteiger partial charge in [-0.1, -0.05) is 73.3 Å². The van der Waals surface area contributed by atoms with Gasteiger partial charge in [0.15, 0.2) is 0 Å². The van der Waals surface area contributed by atoms with Gasteiger partial charge < -0.3 is 29.6 Å². The molecule has 13 nitrogen and oxygen atoms in total. The number of nitrogens with zero attached hydrogens (tertiary/aromatic N) is 1. The number of ether oxygens (including phenoxy) is 4. The van der Waals surface area contributed by atoms with Gasteiger partial charge >= 0.3 is 24.1 Å². The van der Waals surface area contributed by atoms with Crippen molar-refractivity contribution >= 4 is 30.0 Å². The van der Waals surface area contributed by atoms with Crippen molar-refractivity contribution in [3.63, 3.8) is 0 Å². The van der Waals surface area contributed by atoms with E-state index in [1.54, 1.807) is 53.7 Å². The van der Waals surface area contributed by atoms with Gasteiger partial charge in [0.05, 0.1) is 6.54 Å². The fourth-order valence-corrected chi connectivity index (χ4v) is 4.08. The zero-order valence-corrected chi connectivity index (χ0v) is 29.2. The molecule has 0 fully saturated rings. The standard InChI is InChI=1S/C36H49N3O10/c1-8-23-45-31(41)29(37-30(40)20-19-28(32(42)48-35(2,3)4)38-33(43)49-36(5,6)7)21-22-39(47-25-27-17-13-10-14-18-27)34(44)46-24-26-15-11-9-12-16-26/h8-18,28-29H,1,19-25H2,2-7H3,(H,37,40)(H,38,43)/t28-,29-/m0/s1. The SMILES string of the molecule is C=CCOC(=O)[C@H](CCN(OCc1ccccc1)C(=O)OCc1ccccc1)NC(=O)CC[C@H](NC(=O)OC(C)(C)C)C(=O)OC(C)(C)C. The number of hydrogen-bond acceptors (Lipinski definition) is 10. The van der Waals surface area contributed by atoms with Crippen molar-refractivity contribution < 1.29 is 47.8 Å². The molecular weight excluding hydrogens is 634 g/mol. The molecule has 0 radical (unpaired) electrons. The van der Waals surface area contributed by atoms with Gasteiger partial charge in [0.25, 0.3) is 0 Å². The van der Waals surface area contributed by atoms with Crippen molar-refractivity contribution in [1.82, 2.24) is 15.7 Å². The number of benzene rings is 2. The third kappa shape index (κ3) is 17.2. The summed E-state index contributed by atoms with van der Waals surface area (Å²) in [7, 11) is 0. The van der Waals surface area contributed by atoms with E-state index in [0.29, 0.717) is 0 Å². The largest absolute Gasteiger partial charge is 0.460 e. The molecule has 2 aromatic carbocycles. The Morgan fingerprint density at radius 3 is 1.84 bits per heavy atom. The molecule has 0 saturated heterocycles. The third-order valence-electron chi connectivity index (χ3n) is 6.27. The summed E-state index contributed by atoms with van der Waals surface area (Å²) >= 11 is 0. The van der Waals surface area contributed by atoms with Gasteiger partial charge in [0, 0.05) is 6.42 Å². The fraction of sp³-hybridized carbons (Fsp3) is 0.472. The topological polar surface area (TPSA) is 159 Å². The molecule has 13 heteroatoms. The fourth-order valence-electron chi connectivity index (χ4n) is 4.08. The van der Waals surface area contributed by atoms with E-state index in [4.69, 9.17) is 23.8 Å². The number of hydrogen-bond donors (Lipinski definition) is 2. The quantitative estimate of drug-likeness (QED) is 0.0960. The van der Waals surface area contributed by atoms with E-state index >= 15 is 0 Å². The van der Waals surface area contributed by atoms with Gasteiger partial charge in [0.2, 0.25) is 5.91 Å². The zero-order chi connectivity index (χ0) is 36.5. The Hall–Kier alpha value is -4.91. The third-order valence-corrected chi connectivity index (χ3v) is 6.27. The molecule has 0 spiro atoms. The van der Waals surface area contributed by atoms with E-state index in [2.05, 4.69) is 17.2 Å². The predicted molar refractivity (Wildman–Crippen MR) is 181 cm³/mol. The highest BCUT2D eigenvalue weighted by molar-refractivity contribution is 5.86. The molecule has 49 heavy (non-hydrogen) atoms. The second-order valence-corrected chi connectivity index (χ2v) is 13.0. The Bertz CT molecular complexity index is 1370. The van der Waals surface area contributed by atoms with Crippen LogP contribution in [0.3, 0.4) is 0 Å². The number of hydroxylamine groups is 2. The van der Waals surface area contributed by atoms with Gasteiger partial charge in [-0.2, -0.15) is 5.06 Å². The van der Waals surface area contributed by atoms with Gasteiger partial charge in [-0.25, -0.2) is 19.2 Å². The van der Waals surface area contributed by atoms with E-state index in [1.165, 1.54) is 6.08 Å². The predicted octanol–water partition coefficient (Wildman–Crippen LogP) is 5.38. The number of amides is 3. The normalized spacial score (nSPS) is 12.4. The molecule has 0 aliphatic heterocycles. The number of alkyl carbamates (subject to hydrolysis) is 1. The van der Waals surface area contributed by atoms with Crippen molar-refractivity contribution in [1.29, 1.82) is 0 Å². The summed E-state index contributed by atoms with van der Waals surface area (Å²) in [5.41, 5.74) is -0.129. The van der Waals surface area contributed by atoms with Crippen LogP contribution in [-0.4, -0.2) is 71.5 Å². The molecule has 0 bridgehead atoms. The molecule has 2 N–H and O–H groups in total. The summed E-state index contributed by atoms with van der Waals surface area (Å²) in [4.78, 5) is 70.4. The minimum Gasteiger partial charge on any atom is -0.460 e. The molecule has 0 aliphatic carbocycles. The van der Waals surface area contributed by atoms with Crippen molar-refractivity contribution in [2.24, 2.45) is 0 Å². The molecule has 2 atom stereocenters. The Morgan fingerprint density at radius 2 is 1.29 bits per heavy atom. The molecule has 2 aromatic rings. The molecule has 0 heterocycles. The first-order valence-electron chi connectivity index (χ1n) is 16.0. The highest BCUT2D eigenvalue weighted by Gasteiger charge is 2.31. The lowest BCUT2D eigenvalue weighted by molar-refractivity contribution is -0.158. The zero-order valence-electron chi connectivity index (χ0n) is 29.2. The first-order valence-corrected chi connectivity index (χ1v) is 16.0. The second kappa shape index (κ2) is 19.8. The maximum atomic E-state index is 13.1. The summed E-state index contributed by atoms with van der Waals surface area (Å²) in [5.74, 6) is -2.15. The number of carbonyl (C=O) groups is 5. The molecule has 0 aliphatic rings. The molecule has 268 valence electrons. The summed E-state index contributed by atoms with van der Waals surface area (Å²) < 4.78 is 21.4. The number of nitrogens with one attached hydrogen (secondary N) is 2. The van der Waals surface area contributed by atoms with Gasteiger partial charge in [-0.3, -0.25) is 9.63 Å². The average Bonchev–Trinajstić information content (AvgIpc) is 3.03. The lowest BCUT2D eigenvalue weighted by Crippen LogP contribution is -2.47. The van der Waals surface area contributed by atoms with Crippen LogP contribution >= 0.6 is 0 Å². The highest BCUT2D eigenvalue weighted by atomic mass is 16.7. The molecule has 3 amide bonds. The van der Waals surface area contributed by atoms with E-state index in [0.717, 1.165) is 16.2 Å². The molecule has 2 rings (SSSR count). The number of esters is 2. The summed E-state index contributed by atoms with van der Waals surface area (Å²) in [6.45, 7) is 13.3. The second-order valence-electron chi connectivity index (χ2n) is 13.0. The van der Waals surface area contributed by atoms with Crippen molar-refractivity contribution in [3.05, 3.63) is 84.4 Å². The van der Waals surface area contributed by atoms with E-state index in [1.807, 2.05) is 48.5 Å². The van der Waals surface area contributed by atoms with Crippen LogP contribution in [0.2, 0.25) is 0 Å². The number of carbonyl (C=O) groups excluding carboxylic acids is 5. The maximum absolute atomic E-state index is 13.1. The summed E-state index contributed by atoms with van der Waals surface area (Å²) in [5, 5.41) is 6.06. The first kappa shape index (κ1) is 40.3. The van der Waals surface area contributed by atoms with Crippen LogP contribution in [0.15, 0.2) is 73.3 Å². The van der Waals surface area contributed by atoms with Crippen molar-refractivity contribution in [3.8, 4) is 0 Å². The maximum Gasteiger partial charge on any atom is 0.434 e. The highest BCUT2D eigenvalue weighted by Crippen LogP contribution is 2.14. The Kier molecular flexibility index (Phi) is 16.3. The number of rotatable bonds is 17. The van der Waals surface area contributed by atoms with Gasteiger partial charge in [0.1, 0.15) is 43.1 Å². The van der Waals surface area contributed by atoms with Crippen LogP contribution in [0.25, 0.3) is 0 Å². The van der Waals surface area contributed by atoms with E-state index in [9.17, 15) is 24.0 Å². The molecule has 0 saturated carbocycles. The average molecular weight is 684 g/mol. The van der Waals surface area contributed by atoms with Gasteiger partial charge in [-0.05, 0) is 65.5 Å². The molecular formula is C36H49N3O10. The summed E-state index contributed by atoms with van der Waals surface area (Å²) in [6, 6.07) is 15.8. The lowest BCUT2D eigenvalue weighted by Gasteiger charge is -2.26. The molecule has 0 unspecified atom stereocenters. The lowest BCUT2D eigenvalue weighted by atomic mass is 10.1. The molecule has 0 aromatic heterocycles. The van der Waals surface area contributed by atoms with Crippen molar-refractivity contribution in [2.75, 3.05) is 13.2 Å². The van der Waals surface area contributed by atoms with Crippen LogP contribution in [0, 0.1) is 0 Å². The Labute approximate surface area is 288 Å². The van der Waals surface area contributed by atoms with Gasteiger partial charge in [-0.15, -0.1) is 0 Å². The van der Waals surface area contributed by atoms with E-state index in [-0.39, 0.29) is 45.6 Å². The summed E-state index contributed by atoms with van der Waals surface area (Å²) in [6.07, 6.45) is -0.823. The van der Waals surface area contributed by atoms with Crippen LogP contribution in [0.5, 0.6) is 0 Å². The Balaban J connectivity index is 2.15. The van der Waals surface area contributed by atoms with Crippen LogP contribution in [-0.2, 0) is 51.4 Å². The van der Waals surface area contributed by atoms with E-state index < -0.39 is 53.3 Å². The minimum atomic E-state index is -1.22. The van der Waals surface area contributed by atoms with Crippen LogP contribution in [0.4, 0.5) is 9.59 Å². The van der Waals surface area contributed by atoms with Crippen LogP contribution in [0.1, 0.15) is 71.9 Å².